The van der Waals surface area contributed by atoms with Crippen molar-refractivity contribution < 1.29 is 14.3 Å². The molecule has 0 bridgehead atoms. The molecule has 1 fully saturated rings. The van der Waals surface area contributed by atoms with Crippen molar-refractivity contribution in [2.24, 2.45) is 5.92 Å². The number of nitrogens with zero attached hydrogens (tertiary/aromatic N) is 3. The molecule has 0 spiro atoms. The van der Waals surface area contributed by atoms with Crippen LogP contribution in [0.15, 0.2) is 0 Å². The average molecular weight is 383 g/mol. The number of carbonyl (C=O) groups is 2. The summed E-state index contributed by atoms with van der Waals surface area (Å²) in [6.07, 6.45) is 5.32. The fraction of sp³-hybridized carbons (Fsp3) is 0.778. The first-order valence-electron chi connectivity index (χ1n) is 9.39. The van der Waals surface area contributed by atoms with Crippen molar-refractivity contribution in [3.8, 4) is 0 Å². The smallest absolute Gasteiger partial charge is 0.410 e. The molecular weight excluding hydrogens is 352 g/mol. The van der Waals surface area contributed by atoms with E-state index in [4.69, 9.17) is 4.74 Å². The third kappa shape index (κ3) is 6.55. The van der Waals surface area contributed by atoms with Gasteiger partial charge in [0.2, 0.25) is 11.0 Å². The van der Waals surface area contributed by atoms with Gasteiger partial charge in [0.1, 0.15) is 10.6 Å². The van der Waals surface area contributed by atoms with Crippen molar-refractivity contribution >= 4 is 28.5 Å². The van der Waals surface area contributed by atoms with E-state index < -0.39 is 5.60 Å². The van der Waals surface area contributed by atoms with Crippen molar-refractivity contribution in [3.63, 3.8) is 0 Å². The molecule has 26 heavy (non-hydrogen) atoms. The van der Waals surface area contributed by atoms with Crippen LogP contribution in [0.5, 0.6) is 0 Å². The normalized spacial score (nSPS) is 15.8. The lowest BCUT2D eigenvalue weighted by atomic mass is 9.96. The summed E-state index contributed by atoms with van der Waals surface area (Å²) in [5.74, 6) is -0.147. The number of anilines is 1. The number of piperidine rings is 1. The second kappa shape index (κ2) is 9.30. The van der Waals surface area contributed by atoms with E-state index in [0.29, 0.717) is 31.1 Å². The first-order chi connectivity index (χ1) is 12.3. The number of hydrogen-bond acceptors (Lipinski definition) is 6. The van der Waals surface area contributed by atoms with E-state index in [-0.39, 0.29) is 17.9 Å². The molecule has 1 saturated heterocycles. The Morgan fingerprint density at radius 2 is 1.92 bits per heavy atom. The summed E-state index contributed by atoms with van der Waals surface area (Å²) in [5, 5.41) is 12.6. The Bertz CT molecular complexity index is 604. The molecule has 0 atom stereocenters. The molecule has 0 unspecified atom stereocenters. The van der Waals surface area contributed by atoms with E-state index in [1.807, 2.05) is 20.8 Å². The van der Waals surface area contributed by atoms with E-state index in [1.54, 1.807) is 4.90 Å². The zero-order valence-electron chi connectivity index (χ0n) is 16.2. The van der Waals surface area contributed by atoms with Gasteiger partial charge in [0.15, 0.2) is 0 Å². The molecule has 1 aliphatic heterocycles. The van der Waals surface area contributed by atoms with Gasteiger partial charge in [0.25, 0.3) is 0 Å². The summed E-state index contributed by atoms with van der Waals surface area (Å²) < 4.78 is 5.38. The van der Waals surface area contributed by atoms with Crippen LogP contribution in [0.2, 0.25) is 0 Å². The first kappa shape index (κ1) is 20.6. The lowest BCUT2D eigenvalue weighted by Crippen LogP contribution is -2.43. The third-order valence-corrected chi connectivity index (χ3v) is 5.11. The minimum atomic E-state index is -0.502. The molecule has 7 nitrogen and oxygen atoms in total. The lowest BCUT2D eigenvalue weighted by molar-refractivity contribution is -0.121. The molecule has 0 aromatic carbocycles. The van der Waals surface area contributed by atoms with E-state index in [0.717, 1.165) is 17.8 Å². The van der Waals surface area contributed by atoms with E-state index in [2.05, 4.69) is 22.4 Å². The predicted molar refractivity (Wildman–Crippen MR) is 102 cm³/mol. The second-order valence-corrected chi connectivity index (χ2v) is 8.75. The fourth-order valence-corrected chi connectivity index (χ4v) is 3.57. The van der Waals surface area contributed by atoms with Gasteiger partial charge in [-0.05, 0) is 40.0 Å². The largest absolute Gasteiger partial charge is 0.444 e. The highest BCUT2D eigenvalue weighted by Crippen LogP contribution is 2.23. The van der Waals surface area contributed by atoms with Crippen molar-refractivity contribution in [2.45, 2.75) is 71.8 Å². The summed E-state index contributed by atoms with van der Waals surface area (Å²) in [5.41, 5.74) is -0.502. The van der Waals surface area contributed by atoms with Crippen LogP contribution in [-0.2, 0) is 16.0 Å². The van der Waals surface area contributed by atoms with Crippen LogP contribution in [-0.4, -0.2) is 45.8 Å². The highest BCUT2D eigenvalue weighted by molar-refractivity contribution is 7.15. The monoisotopic (exact) mass is 382 g/mol. The van der Waals surface area contributed by atoms with Crippen molar-refractivity contribution in [2.75, 3.05) is 18.4 Å². The summed E-state index contributed by atoms with van der Waals surface area (Å²) in [7, 11) is 0. The molecule has 2 rings (SSSR count). The Morgan fingerprint density at radius 1 is 1.23 bits per heavy atom. The van der Waals surface area contributed by atoms with Crippen molar-refractivity contribution in [1.29, 1.82) is 0 Å². The van der Waals surface area contributed by atoms with Crippen LogP contribution < -0.4 is 5.32 Å². The molecule has 0 radical (unpaired) electrons. The number of rotatable bonds is 6. The minimum absolute atomic E-state index is 0.0369. The molecule has 0 saturated carbocycles. The zero-order chi connectivity index (χ0) is 19.2. The topological polar surface area (TPSA) is 84.4 Å². The number of unbranched alkanes of at least 4 members (excludes halogenated alkanes) is 2. The SMILES string of the molecule is CCCCCc1nnc(NC(=O)C2CCN(C(=O)OC(C)(C)C)CC2)s1. The second-order valence-electron chi connectivity index (χ2n) is 7.69. The van der Waals surface area contributed by atoms with E-state index >= 15 is 0 Å². The molecule has 1 aliphatic rings. The standard InChI is InChI=1S/C18H30N4O3S/c1-5-6-7-8-14-20-21-16(26-14)19-15(23)13-9-11-22(12-10-13)17(24)25-18(2,3)4/h13H,5-12H2,1-4H3,(H,19,21,23). The van der Waals surface area contributed by atoms with Crippen LogP contribution in [0.25, 0.3) is 0 Å². The molecule has 1 aromatic heterocycles. The summed E-state index contributed by atoms with van der Waals surface area (Å²) in [4.78, 5) is 26.2. The number of nitrogens with one attached hydrogen (secondary N) is 1. The Hall–Kier alpha value is -1.70. The van der Waals surface area contributed by atoms with Crippen LogP contribution in [0.3, 0.4) is 0 Å². The van der Waals surface area contributed by atoms with Gasteiger partial charge in [-0.25, -0.2) is 4.79 Å². The molecule has 0 aliphatic carbocycles. The van der Waals surface area contributed by atoms with E-state index in [1.165, 1.54) is 24.2 Å². The molecule has 2 amide bonds. The van der Waals surface area contributed by atoms with Gasteiger partial charge in [-0.2, -0.15) is 0 Å². The number of ether oxygens (including phenoxy) is 1. The summed E-state index contributed by atoms with van der Waals surface area (Å²) in [6, 6.07) is 0. The lowest BCUT2D eigenvalue weighted by Gasteiger charge is -2.32. The Morgan fingerprint density at radius 3 is 2.54 bits per heavy atom. The van der Waals surface area contributed by atoms with Crippen LogP contribution >= 0.6 is 11.3 Å². The highest BCUT2D eigenvalue weighted by Gasteiger charge is 2.30. The van der Waals surface area contributed by atoms with Crippen LogP contribution in [0, 0.1) is 5.92 Å². The van der Waals surface area contributed by atoms with Gasteiger partial charge in [0.05, 0.1) is 0 Å². The Labute approximate surface area is 159 Å². The molecule has 1 aromatic rings. The summed E-state index contributed by atoms with van der Waals surface area (Å²) in [6.45, 7) is 8.79. The number of carbonyl (C=O) groups excluding carboxylic acids is 2. The van der Waals surface area contributed by atoms with Crippen molar-refractivity contribution in [3.05, 3.63) is 5.01 Å². The summed E-state index contributed by atoms with van der Waals surface area (Å²) >= 11 is 1.45. The number of aromatic nitrogens is 2. The molecule has 146 valence electrons. The van der Waals surface area contributed by atoms with Gasteiger partial charge in [-0.15, -0.1) is 10.2 Å². The average Bonchev–Trinajstić information content (AvgIpc) is 3.01. The molecule has 8 heteroatoms. The molecule has 2 heterocycles. The maximum atomic E-state index is 12.4. The van der Waals surface area contributed by atoms with E-state index in [9.17, 15) is 9.59 Å². The van der Waals surface area contributed by atoms with Crippen LogP contribution in [0.1, 0.15) is 64.8 Å². The Kier molecular flexibility index (Phi) is 7.37. The van der Waals surface area contributed by atoms with Gasteiger partial charge >= 0.3 is 6.09 Å². The molecule has 1 N–H and O–H groups in total. The zero-order valence-corrected chi connectivity index (χ0v) is 17.0. The van der Waals surface area contributed by atoms with Crippen LogP contribution in [0.4, 0.5) is 9.93 Å². The maximum Gasteiger partial charge on any atom is 0.410 e. The third-order valence-electron chi connectivity index (χ3n) is 4.21. The van der Waals surface area contributed by atoms with Gasteiger partial charge in [-0.3, -0.25) is 4.79 Å². The number of amides is 2. The fourth-order valence-electron chi connectivity index (χ4n) is 2.79. The first-order valence-corrected chi connectivity index (χ1v) is 10.2. The quantitative estimate of drug-likeness (QED) is 0.755. The number of aryl methyl sites for hydroxylation is 1. The number of hydrogen-bond donors (Lipinski definition) is 1. The van der Waals surface area contributed by atoms with Crippen molar-refractivity contribution in [1.82, 2.24) is 15.1 Å². The van der Waals surface area contributed by atoms with Gasteiger partial charge < -0.3 is 15.0 Å². The maximum absolute atomic E-state index is 12.4. The van der Waals surface area contributed by atoms with Gasteiger partial charge in [-0.1, -0.05) is 31.1 Å². The van der Waals surface area contributed by atoms with Gasteiger partial charge in [0, 0.05) is 25.4 Å². The minimum Gasteiger partial charge on any atom is -0.444 e. The highest BCUT2D eigenvalue weighted by atomic mass is 32.1. The Balaban J connectivity index is 1.77. The predicted octanol–water partition coefficient (Wildman–Crippen LogP) is 3.86. The molecular formula is C18H30N4O3S. The number of likely N-dealkylation sites (tertiary alicyclic amines) is 1.